The minimum Gasteiger partial charge on any atom is -0.486 e. The monoisotopic (exact) mass is 417 g/mol. The van der Waals surface area contributed by atoms with Gasteiger partial charge in [0.25, 0.3) is 0 Å². The zero-order chi connectivity index (χ0) is 21.2. The topological polar surface area (TPSA) is 101 Å². The maximum absolute atomic E-state index is 11.3. The van der Waals surface area contributed by atoms with Crippen molar-refractivity contribution in [1.29, 1.82) is 0 Å². The lowest BCUT2D eigenvalue weighted by Gasteiger charge is -2.20. The van der Waals surface area contributed by atoms with E-state index in [0.29, 0.717) is 11.6 Å². The van der Waals surface area contributed by atoms with Crippen LogP contribution in [0.1, 0.15) is 54.5 Å². The number of benzene rings is 2. The van der Waals surface area contributed by atoms with E-state index in [1.165, 1.54) is 19.1 Å². The van der Waals surface area contributed by atoms with Crippen LogP contribution in [0.4, 0.5) is 0 Å². The van der Waals surface area contributed by atoms with Gasteiger partial charge >= 0.3 is 5.97 Å². The summed E-state index contributed by atoms with van der Waals surface area (Å²) in [6, 6.07) is 15.6. The summed E-state index contributed by atoms with van der Waals surface area (Å²) in [6.07, 6.45) is 6.65. The number of carboxylic acid groups (broad SMARTS) is 1. The second-order valence-electron chi connectivity index (χ2n) is 8.15. The van der Waals surface area contributed by atoms with Crippen LogP contribution in [0.5, 0.6) is 5.75 Å². The average molecular weight is 417 g/mol. The van der Waals surface area contributed by atoms with Gasteiger partial charge in [-0.05, 0) is 41.7 Å². The van der Waals surface area contributed by atoms with Crippen molar-refractivity contribution >= 4 is 16.9 Å². The summed E-state index contributed by atoms with van der Waals surface area (Å²) in [6.45, 7) is 0. The van der Waals surface area contributed by atoms with Crippen LogP contribution >= 0.6 is 0 Å². The largest absolute Gasteiger partial charge is 0.486 e. The molecule has 2 atom stereocenters. The molecule has 1 unspecified atom stereocenters. The van der Waals surface area contributed by atoms with Gasteiger partial charge in [-0.25, -0.2) is 0 Å². The Balaban J connectivity index is 1.37. The first kappa shape index (κ1) is 19.4. The Morgan fingerprint density at radius 3 is 2.68 bits per heavy atom. The Hall–Kier alpha value is -3.61. The van der Waals surface area contributed by atoms with Gasteiger partial charge in [-0.2, -0.15) is 5.10 Å². The number of carbonyl (C=O) groups is 1. The highest BCUT2D eigenvalue weighted by Crippen LogP contribution is 2.40. The molecule has 2 aromatic heterocycles. The third-order valence-corrected chi connectivity index (χ3v) is 5.84. The lowest BCUT2D eigenvalue weighted by molar-refractivity contribution is -0.137. The first-order chi connectivity index (χ1) is 15.2. The van der Waals surface area contributed by atoms with Crippen molar-refractivity contribution in [3.05, 3.63) is 77.8 Å². The number of nitrogens with zero attached hydrogens (tertiary/aromatic N) is 2. The second kappa shape index (κ2) is 8.26. The predicted molar refractivity (Wildman–Crippen MR) is 114 cm³/mol. The summed E-state index contributed by atoms with van der Waals surface area (Å²) in [7, 11) is 0. The number of H-pyrrole nitrogens is 1. The van der Waals surface area contributed by atoms with Gasteiger partial charge in [0, 0.05) is 17.4 Å². The van der Waals surface area contributed by atoms with E-state index < -0.39 is 5.97 Å². The van der Waals surface area contributed by atoms with E-state index in [1.54, 1.807) is 6.07 Å². The van der Waals surface area contributed by atoms with Crippen LogP contribution in [0, 0.1) is 5.92 Å². The fourth-order valence-corrected chi connectivity index (χ4v) is 3.98. The molecule has 2 N–H and O–H groups in total. The lowest BCUT2D eigenvalue weighted by Crippen LogP contribution is -2.10. The van der Waals surface area contributed by atoms with Crippen molar-refractivity contribution in [3.8, 4) is 5.75 Å². The molecule has 1 fully saturated rings. The molecule has 0 spiro atoms. The Labute approximate surface area is 179 Å². The minimum absolute atomic E-state index is 0.0450. The summed E-state index contributed by atoms with van der Waals surface area (Å²) in [5, 5.41) is 21.5. The number of nitrogens with one attached hydrogen (secondary N) is 1. The molecular weight excluding hydrogens is 394 g/mol. The Morgan fingerprint density at radius 2 is 1.97 bits per heavy atom. The summed E-state index contributed by atoms with van der Waals surface area (Å²) < 4.78 is 11.3. The third-order valence-electron chi connectivity index (χ3n) is 5.84. The summed E-state index contributed by atoms with van der Waals surface area (Å²) in [4.78, 5) is 11.3. The molecule has 4 aromatic rings. The van der Waals surface area contributed by atoms with E-state index in [-0.39, 0.29) is 18.4 Å². The fourth-order valence-electron chi connectivity index (χ4n) is 3.98. The van der Waals surface area contributed by atoms with E-state index in [0.717, 1.165) is 34.2 Å². The molecule has 0 saturated heterocycles. The van der Waals surface area contributed by atoms with Gasteiger partial charge in [0.2, 0.25) is 0 Å². The zero-order valence-corrected chi connectivity index (χ0v) is 16.9. The highest BCUT2D eigenvalue weighted by atomic mass is 16.5. The first-order valence-electron chi connectivity index (χ1n) is 10.5. The zero-order valence-electron chi connectivity index (χ0n) is 16.9. The molecule has 0 bridgehead atoms. The second-order valence-corrected chi connectivity index (χ2v) is 8.15. The number of rotatable bonds is 9. The minimum atomic E-state index is -0.882. The number of hydrogen-bond donors (Lipinski definition) is 2. The molecule has 31 heavy (non-hydrogen) atoms. The highest BCUT2D eigenvalue weighted by molar-refractivity contribution is 5.78. The van der Waals surface area contributed by atoms with E-state index in [2.05, 4.69) is 33.6 Å². The van der Waals surface area contributed by atoms with Gasteiger partial charge < -0.3 is 14.4 Å². The van der Waals surface area contributed by atoms with E-state index in [4.69, 9.17) is 9.26 Å². The van der Waals surface area contributed by atoms with Crippen molar-refractivity contribution in [2.75, 3.05) is 0 Å². The molecule has 1 saturated carbocycles. The van der Waals surface area contributed by atoms with Crippen LogP contribution in [0.15, 0.2) is 65.5 Å². The normalized spacial score (nSPS) is 15.6. The SMILES string of the molecule is O=C(O)CC(c1ccc(O[C@@H](CC2CC2)c2ccc3cn[nH]c3c2)cc1)c1ccon1. The number of aromatic amines is 1. The number of carboxylic acids is 1. The molecule has 0 amide bonds. The molecular formula is C24H23N3O4. The number of hydrogen-bond acceptors (Lipinski definition) is 5. The summed E-state index contributed by atoms with van der Waals surface area (Å²) >= 11 is 0. The van der Waals surface area contributed by atoms with Crippen molar-refractivity contribution < 1.29 is 19.2 Å². The van der Waals surface area contributed by atoms with Crippen LogP contribution in [0.2, 0.25) is 0 Å². The van der Waals surface area contributed by atoms with Crippen molar-refractivity contribution in [1.82, 2.24) is 15.4 Å². The first-order valence-corrected chi connectivity index (χ1v) is 10.5. The lowest BCUT2D eigenvalue weighted by atomic mass is 9.92. The maximum Gasteiger partial charge on any atom is 0.304 e. The van der Waals surface area contributed by atoms with E-state index in [1.807, 2.05) is 30.5 Å². The van der Waals surface area contributed by atoms with Crippen molar-refractivity contribution in [2.24, 2.45) is 5.92 Å². The van der Waals surface area contributed by atoms with Crippen LogP contribution in [-0.2, 0) is 4.79 Å². The number of fused-ring (bicyclic) bond motifs is 1. The van der Waals surface area contributed by atoms with Gasteiger partial charge in [-0.3, -0.25) is 9.89 Å². The van der Waals surface area contributed by atoms with Gasteiger partial charge in [0.15, 0.2) is 0 Å². The van der Waals surface area contributed by atoms with Crippen LogP contribution in [0.3, 0.4) is 0 Å². The van der Waals surface area contributed by atoms with Crippen LogP contribution in [-0.4, -0.2) is 26.4 Å². The molecule has 7 heteroatoms. The smallest absolute Gasteiger partial charge is 0.304 e. The van der Waals surface area contributed by atoms with Gasteiger partial charge in [-0.1, -0.05) is 42.3 Å². The van der Waals surface area contributed by atoms with E-state index in [9.17, 15) is 9.90 Å². The quantitative estimate of drug-likeness (QED) is 0.394. The maximum atomic E-state index is 11.3. The number of aliphatic carboxylic acids is 1. The van der Waals surface area contributed by atoms with Gasteiger partial charge in [-0.15, -0.1) is 0 Å². The molecule has 2 heterocycles. The Bertz CT molecular complexity index is 1160. The molecule has 0 aliphatic heterocycles. The number of aromatic nitrogens is 3. The standard InChI is InChI=1S/C24H23N3O4/c28-24(29)13-20(21-9-10-30-27-21)16-5-7-19(8-6-16)31-23(11-15-1-2-15)17-3-4-18-14-25-26-22(18)12-17/h3-10,12,14-15,20,23H,1-2,11,13H2,(H,25,26)(H,28,29)/t20?,23-/m0/s1. The number of ether oxygens (including phenoxy) is 1. The Kier molecular flexibility index (Phi) is 5.16. The van der Waals surface area contributed by atoms with Crippen molar-refractivity contribution in [3.63, 3.8) is 0 Å². The summed E-state index contributed by atoms with van der Waals surface area (Å²) in [5.41, 5.74) is 3.59. The predicted octanol–water partition coefficient (Wildman–Crippen LogP) is 5.08. The van der Waals surface area contributed by atoms with Crippen LogP contribution < -0.4 is 4.74 Å². The van der Waals surface area contributed by atoms with Gasteiger partial charge in [0.1, 0.15) is 18.1 Å². The molecule has 0 radical (unpaired) electrons. The molecule has 2 aromatic carbocycles. The highest BCUT2D eigenvalue weighted by Gasteiger charge is 2.28. The molecule has 1 aliphatic rings. The van der Waals surface area contributed by atoms with Gasteiger partial charge in [0.05, 0.1) is 23.8 Å². The molecule has 158 valence electrons. The molecule has 5 rings (SSSR count). The van der Waals surface area contributed by atoms with Crippen molar-refractivity contribution in [2.45, 2.75) is 37.7 Å². The van der Waals surface area contributed by atoms with E-state index >= 15 is 0 Å². The molecule has 7 nitrogen and oxygen atoms in total. The Morgan fingerprint density at radius 1 is 1.16 bits per heavy atom. The summed E-state index contributed by atoms with van der Waals surface area (Å²) in [5.74, 6) is 0.213. The fraction of sp³-hybridized carbons (Fsp3) is 0.292. The third kappa shape index (κ3) is 4.45. The average Bonchev–Trinajstić information content (AvgIpc) is 3.23. The van der Waals surface area contributed by atoms with Crippen LogP contribution in [0.25, 0.3) is 10.9 Å². The molecule has 1 aliphatic carbocycles.